The maximum Gasteiger partial charge on any atom is 0.237 e. The van der Waals surface area contributed by atoms with Crippen LogP contribution in [-0.2, 0) is 4.79 Å². The molecule has 0 saturated carbocycles. The van der Waals surface area contributed by atoms with Crippen LogP contribution in [-0.4, -0.2) is 18.5 Å². The van der Waals surface area contributed by atoms with Crippen molar-refractivity contribution >= 4 is 5.91 Å². The van der Waals surface area contributed by atoms with E-state index in [1.807, 2.05) is 19.1 Å². The summed E-state index contributed by atoms with van der Waals surface area (Å²) in [6, 6.07) is 9.30. The third kappa shape index (κ3) is 2.88. The van der Waals surface area contributed by atoms with Gasteiger partial charge in [-0.05, 0) is 44.0 Å². The zero-order chi connectivity index (χ0) is 13.0. The Hall–Kier alpha value is -1.86. The average molecular weight is 243 g/mol. The van der Waals surface area contributed by atoms with Crippen LogP contribution in [0.25, 0.3) is 0 Å². The quantitative estimate of drug-likeness (QED) is 0.845. The molecule has 1 unspecified atom stereocenters. The molecule has 2 N–H and O–H groups in total. The highest BCUT2D eigenvalue weighted by atomic mass is 16.2. The highest BCUT2D eigenvalue weighted by molar-refractivity contribution is 5.82. The summed E-state index contributed by atoms with van der Waals surface area (Å²) in [6.07, 6.45) is 1.97. The van der Waals surface area contributed by atoms with Gasteiger partial charge in [0.05, 0.1) is 23.7 Å². The molecule has 1 amide bonds. The monoisotopic (exact) mass is 243 g/mol. The minimum atomic E-state index is -0.0502. The van der Waals surface area contributed by atoms with E-state index in [4.69, 9.17) is 5.26 Å². The van der Waals surface area contributed by atoms with E-state index >= 15 is 0 Å². The van der Waals surface area contributed by atoms with Crippen LogP contribution in [0.15, 0.2) is 24.3 Å². The molecule has 1 saturated heterocycles. The second-order valence-corrected chi connectivity index (χ2v) is 4.61. The van der Waals surface area contributed by atoms with Crippen LogP contribution in [0, 0.1) is 11.3 Å². The molecule has 1 heterocycles. The smallest absolute Gasteiger partial charge is 0.237 e. The van der Waals surface area contributed by atoms with Crippen LogP contribution in [0.1, 0.15) is 36.9 Å². The first kappa shape index (κ1) is 12.6. The fourth-order valence-electron chi connectivity index (χ4n) is 2.15. The molecule has 94 valence electrons. The minimum absolute atomic E-state index is 0.0346. The summed E-state index contributed by atoms with van der Waals surface area (Å²) < 4.78 is 0. The number of amides is 1. The lowest BCUT2D eigenvalue weighted by Crippen LogP contribution is -2.41. The molecule has 4 nitrogen and oxygen atoms in total. The molecule has 1 aromatic rings. The van der Waals surface area contributed by atoms with Gasteiger partial charge in [-0.25, -0.2) is 0 Å². The van der Waals surface area contributed by atoms with Crippen LogP contribution < -0.4 is 10.6 Å². The number of hydrogen-bond donors (Lipinski definition) is 2. The van der Waals surface area contributed by atoms with E-state index < -0.39 is 0 Å². The predicted octanol–water partition coefficient (Wildman–Crippen LogP) is 1.49. The van der Waals surface area contributed by atoms with E-state index in [2.05, 4.69) is 16.7 Å². The predicted molar refractivity (Wildman–Crippen MR) is 68.7 cm³/mol. The Kier molecular flexibility index (Phi) is 3.96. The van der Waals surface area contributed by atoms with Gasteiger partial charge >= 0.3 is 0 Å². The number of nitrogens with one attached hydrogen (secondary N) is 2. The third-order valence-electron chi connectivity index (χ3n) is 3.28. The van der Waals surface area contributed by atoms with E-state index in [1.54, 1.807) is 12.1 Å². The van der Waals surface area contributed by atoms with Gasteiger partial charge in [-0.1, -0.05) is 12.1 Å². The van der Waals surface area contributed by atoms with Crippen molar-refractivity contribution in [2.45, 2.75) is 31.8 Å². The van der Waals surface area contributed by atoms with Gasteiger partial charge < -0.3 is 10.6 Å². The molecule has 0 spiro atoms. The van der Waals surface area contributed by atoms with Crippen LogP contribution in [0.5, 0.6) is 0 Å². The van der Waals surface area contributed by atoms with E-state index in [0.717, 1.165) is 24.9 Å². The Balaban J connectivity index is 1.96. The minimum Gasteiger partial charge on any atom is -0.348 e. The van der Waals surface area contributed by atoms with Gasteiger partial charge in [-0.15, -0.1) is 0 Å². The van der Waals surface area contributed by atoms with Crippen molar-refractivity contribution in [3.63, 3.8) is 0 Å². The first-order chi connectivity index (χ1) is 8.70. The molecule has 0 aromatic heterocycles. The zero-order valence-corrected chi connectivity index (χ0v) is 10.4. The van der Waals surface area contributed by atoms with Crippen molar-refractivity contribution < 1.29 is 4.79 Å². The van der Waals surface area contributed by atoms with Gasteiger partial charge in [0.1, 0.15) is 0 Å². The second kappa shape index (κ2) is 5.65. The van der Waals surface area contributed by atoms with Crippen LogP contribution in [0.3, 0.4) is 0 Å². The van der Waals surface area contributed by atoms with Gasteiger partial charge in [-0.2, -0.15) is 5.26 Å². The highest BCUT2D eigenvalue weighted by Gasteiger charge is 2.23. The number of carbonyl (C=O) groups is 1. The fraction of sp³-hybridized carbons (Fsp3) is 0.429. The van der Waals surface area contributed by atoms with Crippen molar-refractivity contribution in [3.8, 4) is 6.07 Å². The second-order valence-electron chi connectivity index (χ2n) is 4.61. The van der Waals surface area contributed by atoms with E-state index in [0.29, 0.717) is 5.56 Å². The van der Waals surface area contributed by atoms with Crippen LogP contribution in [0.4, 0.5) is 0 Å². The van der Waals surface area contributed by atoms with Gasteiger partial charge in [0.15, 0.2) is 0 Å². The van der Waals surface area contributed by atoms with E-state index in [9.17, 15) is 4.79 Å². The summed E-state index contributed by atoms with van der Waals surface area (Å²) in [5.41, 5.74) is 1.65. The summed E-state index contributed by atoms with van der Waals surface area (Å²) in [7, 11) is 0. The Labute approximate surface area is 107 Å². The van der Waals surface area contributed by atoms with E-state index in [-0.39, 0.29) is 18.0 Å². The SMILES string of the molecule is CC(NC(=O)[C@@H]1CCCN1)c1ccc(C#N)cc1. The van der Waals surface area contributed by atoms with Crippen LogP contribution in [0.2, 0.25) is 0 Å². The standard InChI is InChI=1S/C14H17N3O/c1-10(12-6-4-11(9-15)5-7-12)17-14(18)13-3-2-8-16-13/h4-7,10,13,16H,2-3,8H2,1H3,(H,17,18)/t10?,13-/m0/s1. The first-order valence-electron chi connectivity index (χ1n) is 6.24. The first-order valence-corrected chi connectivity index (χ1v) is 6.24. The van der Waals surface area contributed by atoms with Crippen molar-refractivity contribution in [1.82, 2.24) is 10.6 Å². The Morgan fingerprint density at radius 1 is 1.50 bits per heavy atom. The number of nitriles is 1. The number of nitrogens with zero attached hydrogens (tertiary/aromatic N) is 1. The van der Waals surface area contributed by atoms with E-state index in [1.165, 1.54) is 0 Å². The molecule has 0 bridgehead atoms. The number of hydrogen-bond acceptors (Lipinski definition) is 3. The fourth-order valence-corrected chi connectivity index (χ4v) is 2.15. The molecule has 4 heteroatoms. The molecule has 0 aliphatic carbocycles. The number of carbonyl (C=O) groups excluding carboxylic acids is 1. The molecule has 1 aromatic carbocycles. The van der Waals surface area contributed by atoms with Gasteiger partial charge in [0.2, 0.25) is 5.91 Å². The maximum atomic E-state index is 11.9. The maximum absolute atomic E-state index is 11.9. The molecule has 2 rings (SSSR count). The number of benzene rings is 1. The summed E-state index contributed by atoms with van der Waals surface area (Å²) in [4.78, 5) is 11.9. The lowest BCUT2D eigenvalue weighted by molar-refractivity contribution is -0.123. The third-order valence-corrected chi connectivity index (χ3v) is 3.28. The van der Waals surface area contributed by atoms with Gasteiger partial charge in [0, 0.05) is 0 Å². The van der Waals surface area contributed by atoms with Crippen molar-refractivity contribution in [2.75, 3.05) is 6.54 Å². The molecular weight excluding hydrogens is 226 g/mol. The largest absolute Gasteiger partial charge is 0.348 e. The van der Waals surface area contributed by atoms with Crippen molar-refractivity contribution in [2.24, 2.45) is 0 Å². The summed E-state index contributed by atoms with van der Waals surface area (Å²) in [5, 5.41) is 14.9. The van der Waals surface area contributed by atoms with Crippen LogP contribution >= 0.6 is 0 Å². The Morgan fingerprint density at radius 2 is 2.22 bits per heavy atom. The normalized spacial score (nSPS) is 20.1. The van der Waals surface area contributed by atoms with Gasteiger partial charge in [-0.3, -0.25) is 4.79 Å². The molecule has 18 heavy (non-hydrogen) atoms. The summed E-state index contributed by atoms with van der Waals surface area (Å²) in [6.45, 7) is 2.87. The highest BCUT2D eigenvalue weighted by Crippen LogP contribution is 2.14. The summed E-state index contributed by atoms with van der Waals surface area (Å²) >= 11 is 0. The number of rotatable bonds is 3. The van der Waals surface area contributed by atoms with Crippen molar-refractivity contribution in [1.29, 1.82) is 5.26 Å². The summed E-state index contributed by atoms with van der Waals surface area (Å²) in [5.74, 6) is 0.0596. The lowest BCUT2D eigenvalue weighted by Gasteiger charge is -2.17. The molecule has 1 fully saturated rings. The zero-order valence-electron chi connectivity index (χ0n) is 10.4. The molecular formula is C14H17N3O. The van der Waals surface area contributed by atoms with Gasteiger partial charge in [0.25, 0.3) is 0 Å². The topological polar surface area (TPSA) is 64.9 Å². The molecule has 1 aliphatic heterocycles. The average Bonchev–Trinajstić information content (AvgIpc) is 2.92. The molecule has 2 atom stereocenters. The molecule has 1 aliphatic rings. The Bertz CT molecular complexity index is 455. The van der Waals surface area contributed by atoms with Crippen molar-refractivity contribution in [3.05, 3.63) is 35.4 Å². The molecule has 0 radical (unpaired) electrons. The Morgan fingerprint density at radius 3 is 2.78 bits per heavy atom. The lowest BCUT2D eigenvalue weighted by atomic mass is 10.1.